The first kappa shape index (κ1) is 16.2. The summed E-state index contributed by atoms with van der Waals surface area (Å²) >= 11 is 0. The maximum Gasteiger partial charge on any atom is 0.326 e. The molecule has 0 saturated carbocycles. The maximum absolute atomic E-state index is 12.4. The molecule has 0 spiro atoms. The molecule has 0 aromatic carbocycles. The van der Waals surface area contributed by atoms with Crippen molar-refractivity contribution in [1.82, 2.24) is 9.21 Å². The Morgan fingerprint density at radius 3 is 2.24 bits per heavy atom. The molecule has 0 aromatic rings. The molecule has 120 valence electrons. The van der Waals surface area contributed by atoms with Gasteiger partial charge in [-0.1, -0.05) is 0 Å². The van der Waals surface area contributed by atoms with E-state index in [2.05, 4.69) is 0 Å². The molecule has 1 amide bonds. The first-order valence-electron chi connectivity index (χ1n) is 6.86. The SMILES string of the molecule is CS(=O)(=O)N1CCC(C(=O)N2CC(O)CC2C(=O)O)CC1. The highest BCUT2D eigenvalue weighted by molar-refractivity contribution is 7.88. The van der Waals surface area contributed by atoms with Crippen molar-refractivity contribution >= 4 is 21.9 Å². The van der Waals surface area contributed by atoms with Gasteiger partial charge in [0.25, 0.3) is 0 Å². The van der Waals surface area contributed by atoms with Crippen LogP contribution in [0.4, 0.5) is 0 Å². The number of rotatable bonds is 3. The lowest BCUT2D eigenvalue weighted by atomic mass is 9.96. The van der Waals surface area contributed by atoms with Gasteiger partial charge in [-0.2, -0.15) is 0 Å². The Balaban J connectivity index is 2.00. The van der Waals surface area contributed by atoms with Crippen molar-refractivity contribution in [3.8, 4) is 0 Å². The van der Waals surface area contributed by atoms with Gasteiger partial charge in [-0.3, -0.25) is 4.79 Å². The van der Waals surface area contributed by atoms with E-state index in [0.717, 1.165) is 6.26 Å². The molecule has 21 heavy (non-hydrogen) atoms. The van der Waals surface area contributed by atoms with Crippen LogP contribution in [0.2, 0.25) is 0 Å². The van der Waals surface area contributed by atoms with E-state index >= 15 is 0 Å². The Morgan fingerprint density at radius 1 is 1.19 bits per heavy atom. The highest BCUT2D eigenvalue weighted by atomic mass is 32.2. The minimum atomic E-state index is -3.25. The van der Waals surface area contributed by atoms with Crippen molar-refractivity contribution in [2.45, 2.75) is 31.4 Å². The van der Waals surface area contributed by atoms with E-state index in [4.69, 9.17) is 5.11 Å². The highest BCUT2D eigenvalue weighted by Crippen LogP contribution is 2.26. The van der Waals surface area contributed by atoms with Crippen molar-refractivity contribution < 1.29 is 28.2 Å². The van der Waals surface area contributed by atoms with Crippen molar-refractivity contribution in [3.05, 3.63) is 0 Å². The number of likely N-dealkylation sites (tertiary alicyclic amines) is 1. The Hall–Kier alpha value is -1.19. The molecule has 2 unspecified atom stereocenters. The fourth-order valence-corrected chi connectivity index (χ4v) is 3.83. The Bertz CT molecular complexity index is 526. The molecule has 2 aliphatic rings. The number of β-amino-alcohol motifs (C(OH)–C–C–N with tert-alkyl or cyclic N) is 1. The van der Waals surface area contributed by atoms with Gasteiger partial charge >= 0.3 is 5.97 Å². The van der Waals surface area contributed by atoms with E-state index in [1.807, 2.05) is 0 Å². The summed E-state index contributed by atoms with van der Waals surface area (Å²) in [4.78, 5) is 24.8. The van der Waals surface area contributed by atoms with Gasteiger partial charge in [-0.05, 0) is 12.8 Å². The maximum atomic E-state index is 12.4. The second-order valence-corrected chi connectivity index (χ2v) is 7.65. The fraction of sp³-hybridized carbons (Fsp3) is 0.833. The monoisotopic (exact) mass is 320 g/mol. The number of hydrogen-bond acceptors (Lipinski definition) is 5. The molecule has 2 atom stereocenters. The summed E-state index contributed by atoms with van der Waals surface area (Å²) < 4.78 is 24.2. The lowest BCUT2D eigenvalue weighted by Crippen LogP contribution is -2.47. The summed E-state index contributed by atoms with van der Waals surface area (Å²) in [6.07, 6.45) is 1.12. The van der Waals surface area contributed by atoms with Crippen LogP contribution in [-0.4, -0.2) is 77.7 Å². The molecular formula is C12H20N2O6S. The molecule has 2 saturated heterocycles. The number of sulfonamides is 1. The average molecular weight is 320 g/mol. The van der Waals surface area contributed by atoms with Gasteiger partial charge in [0.2, 0.25) is 15.9 Å². The van der Waals surface area contributed by atoms with Gasteiger partial charge in [0, 0.05) is 32.0 Å². The minimum absolute atomic E-state index is 0.0299. The minimum Gasteiger partial charge on any atom is -0.480 e. The molecule has 2 aliphatic heterocycles. The van der Waals surface area contributed by atoms with Gasteiger partial charge in [0.15, 0.2) is 0 Å². The number of nitrogens with zero attached hydrogens (tertiary/aromatic N) is 2. The van der Waals surface area contributed by atoms with Crippen LogP contribution in [0.5, 0.6) is 0 Å². The van der Waals surface area contributed by atoms with Crippen LogP contribution in [-0.2, 0) is 19.6 Å². The number of carbonyl (C=O) groups excluding carboxylic acids is 1. The van der Waals surface area contributed by atoms with Crippen LogP contribution in [0.25, 0.3) is 0 Å². The zero-order chi connectivity index (χ0) is 15.8. The van der Waals surface area contributed by atoms with Gasteiger partial charge in [-0.15, -0.1) is 0 Å². The number of aliphatic hydroxyl groups excluding tert-OH is 1. The lowest BCUT2D eigenvalue weighted by Gasteiger charge is -2.32. The molecule has 8 nitrogen and oxygen atoms in total. The number of piperidine rings is 1. The predicted molar refractivity (Wildman–Crippen MR) is 72.9 cm³/mol. The quantitative estimate of drug-likeness (QED) is 0.668. The summed E-state index contributed by atoms with van der Waals surface area (Å²) in [5.74, 6) is -1.80. The van der Waals surface area contributed by atoms with Crippen LogP contribution in [0.15, 0.2) is 0 Å². The van der Waals surface area contributed by atoms with Gasteiger partial charge in [0.05, 0.1) is 12.4 Å². The summed E-state index contributed by atoms with van der Waals surface area (Å²) in [7, 11) is -3.25. The highest BCUT2D eigenvalue weighted by Gasteiger charge is 2.42. The van der Waals surface area contributed by atoms with E-state index in [-0.39, 0.29) is 37.9 Å². The normalized spacial score (nSPS) is 28.8. The molecule has 0 radical (unpaired) electrons. The van der Waals surface area contributed by atoms with Crippen molar-refractivity contribution in [1.29, 1.82) is 0 Å². The fourth-order valence-electron chi connectivity index (χ4n) is 2.96. The Kier molecular flexibility index (Phi) is 4.54. The van der Waals surface area contributed by atoms with E-state index in [1.165, 1.54) is 9.21 Å². The number of aliphatic hydroxyl groups is 1. The number of hydrogen-bond donors (Lipinski definition) is 2. The Labute approximate surface area is 123 Å². The lowest BCUT2D eigenvalue weighted by molar-refractivity contribution is -0.150. The van der Waals surface area contributed by atoms with Gasteiger partial charge in [-0.25, -0.2) is 17.5 Å². The molecule has 2 fully saturated rings. The zero-order valence-electron chi connectivity index (χ0n) is 11.8. The van der Waals surface area contributed by atoms with Crippen LogP contribution < -0.4 is 0 Å². The van der Waals surface area contributed by atoms with Crippen LogP contribution in [0.3, 0.4) is 0 Å². The number of carboxylic acids is 1. The van der Waals surface area contributed by atoms with Crippen molar-refractivity contribution in [2.75, 3.05) is 25.9 Å². The van der Waals surface area contributed by atoms with E-state index in [1.54, 1.807) is 0 Å². The molecule has 2 rings (SSSR count). The third-order valence-corrected chi connectivity index (χ3v) is 5.42. The zero-order valence-corrected chi connectivity index (χ0v) is 12.6. The average Bonchev–Trinajstić information content (AvgIpc) is 2.79. The summed E-state index contributed by atoms with van der Waals surface area (Å²) in [5.41, 5.74) is 0. The van der Waals surface area contributed by atoms with Gasteiger partial charge in [0.1, 0.15) is 6.04 Å². The number of aliphatic carboxylic acids is 1. The van der Waals surface area contributed by atoms with Crippen LogP contribution in [0, 0.1) is 5.92 Å². The molecule has 0 bridgehead atoms. The topological polar surface area (TPSA) is 115 Å². The largest absolute Gasteiger partial charge is 0.480 e. The van der Waals surface area contributed by atoms with E-state index < -0.39 is 28.1 Å². The Morgan fingerprint density at radius 2 is 1.76 bits per heavy atom. The van der Waals surface area contributed by atoms with Gasteiger partial charge < -0.3 is 15.1 Å². The smallest absolute Gasteiger partial charge is 0.326 e. The standard InChI is InChI=1S/C12H20N2O6S/c1-21(19,20)13-4-2-8(3-5-13)11(16)14-7-9(15)6-10(14)12(17)18/h8-10,15H,2-7H2,1H3,(H,17,18). The van der Waals surface area contributed by atoms with E-state index in [0.29, 0.717) is 12.8 Å². The number of carboxylic acid groups (broad SMARTS) is 1. The van der Waals surface area contributed by atoms with Crippen molar-refractivity contribution in [3.63, 3.8) is 0 Å². The number of amides is 1. The molecule has 0 aliphatic carbocycles. The first-order valence-corrected chi connectivity index (χ1v) is 8.71. The molecule has 9 heteroatoms. The third kappa shape index (κ3) is 3.53. The predicted octanol–water partition coefficient (Wildman–Crippen LogP) is -1.30. The van der Waals surface area contributed by atoms with Crippen LogP contribution >= 0.6 is 0 Å². The van der Waals surface area contributed by atoms with Crippen molar-refractivity contribution in [2.24, 2.45) is 5.92 Å². The number of carbonyl (C=O) groups is 2. The summed E-state index contributed by atoms with van der Waals surface area (Å²) in [6.45, 7) is 0.564. The molecular weight excluding hydrogens is 300 g/mol. The summed E-state index contributed by atoms with van der Waals surface area (Å²) in [6, 6.07) is -0.986. The summed E-state index contributed by atoms with van der Waals surface area (Å²) in [5, 5.41) is 18.7. The van der Waals surface area contributed by atoms with Crippen LogP contribution in [0.1, 0.15) is 19.3 Å². The third-order valence-electron chi connectivity index (χ3n) is 4.12. The molecule has 0 aromatic heterocycles. The molecule has 2 N–H and O–H groups in total. The van der Waals surface area contributed by atoms with E-state index in [9.17, 15) is 23.1 Å². The second-order valence-electron chi connectivity index (χ2n) is 5.67. The second kappa shape index (κ2) is 5.90. The first-order chi connectivity index (χ1) is 9.70. The molecule has 2 heterocycles.